The number of fused-ring (bicyclic) bond motifs is 2. The molecule has 6 heteroatoms. The van der Waals surface area contributed by atoms with Crippen molar-refractivity contribution in [2.24, 2.45) is 10.8 Å². The molecule has 0 spiro atoms. The number of hydrogen-bond donors (Lipinski definition) is 2. The second-order valence-electron chi connectivity index (χ2n) is 6.98. The average Bonchev–Trinajstić information content (AvgIpc) is 2.78. The number of rotatable bonds is 3. The fourth-order valence-corrected chi connectivity index (χ4v) is 3.75. The molecule has 2 aliphatic rings. The lowest BCUT2D eigenvalue weighted by atomic mass is 9.66. The lowest BCUT2D eigenvalue weighted by molar-refractivity contribution is -0.165. The van der Waals surface area contributed by atoms with Crippen molar-refractivity contribution < 1.29 is 24.2 Å². The number of amides is 1. The number of esters is 1. The summed E-state index contributed by atoms with van der Waals surface area (Å²) in [5.74, 6) is -1.96. The van der Waals surface area contributed by atoms with Crippen molar-refractivity contribution in [3.8, 4) is 0 Å². The Morgan fingerprint density at radius 2 is 1.83 bits per heavy atom. The summed E-state index contributed by atoms with van der Waals surface area (Å²) in [5.41, 5.74) is -2.42. The molecule has 1 aliphatic heterocycles. The molecule has 1 saturated carbocycles. The number of para-hydroxylation sites is 1. The third-order valence-electron chi connectivity index (χ3n) is 5.86. The van der Waals surface area contributed by atoms with Gasteiger partial charge in [0.25, 0.3) is 5.91 Å². The fourth-order valence-electron chi connectivity index (χ4n) is 3.75. The van der Waals surface area contributed by atoms with E-state index in [-0.39, 0.29) is 17.2 Å². The first-order valence-corrected chi connectivity index (χ1v) is 7.53. The minimum absolute atomic E-state index is 0.000128. The lowest BCUT2D eigenvalue weighted by Crippen LogP contribution is -2.50. The van der Waals surface area contributed by atoms with Crippen LogP contribution in [-0.2, 0) is 14.3 Å². The molecular formula is C17H19NO5. The highest BCUT2D eigenvalue weighted by Gasteiger charge is 2.75. The standard InChI is InChI=1S/C17H19NO5/c1-15(2)16(3)8-9-17(15,23-14(16)22)13(21)18-11-7-5-4-6-10(11)12(19)20/h4-7H,8-9H2,1-3H3,(H,18,21)(H,19,20). The van der Waals surface area contributed by atoms with Gasteiger partial charge in [-0.1, -0.05) is 26.0 Å². The Morgan fingerprint density at radius 3 is 2.35 bits per heavy atom. The van der Waals surface area contributed by atoms with Gasteiger partial charge in [-0.2, -0.15) is 0 Å². The topological polar surface area (TPSA) is 92.7 Å². The molecule has 0 aromatic heterocycles. The summed E-state index contributed by atoms with van der Waals surface area (Å²) in [5, 5.41) is 11.9. The zero-order valence-corrected chi connectivity index (χ0v) is 13.3. The van der Waals surface area contributed by atoms with E-state index < -0.39 is 28.3 Å². The van der Waals surface area contributed by atoms with E-state index in [2.05, 4.69) is 5.32 Å². The Kier molecular flexibility index (Phi) is 3.08. The molecule has 2 fully saturated rings. The third-order valence-corrected chi connectivity index (χ3v) is 5.86. The maximum atomic E-state index is 12.9. The third kappa shape index (κ3) is 1.77. The van der Waals surface area contributed by atoms with E-state index in [4.69, 9.17) is 4.74 Å². The zero-order valence-electron chi connectivity index (χ0n) is 13.3. The zero-order chi connectivity index (χ0) is 17.0. The highest BCUT2D eigenvalue weighted by Crippen LogP contribution is 2.65. The Morgan fingerprint density at radius 1 is 1.17 bits per heavy atom. The average molecular weight is 317 g/mol. The molecule has 0 radical (unpaired) electrons. The number of carbonyl (C=O) groups excluding carboxylic acids is 2. The number of carbonyl (C=O) groups is 3. The van der Waals surface area contributed by atoms with Crippen molar-refractivity contribution in [1.82, 2.24) is 0 Å². The van der Waals surface area contributed by atoms with Crippen LogP contribution in [0.2, 0.25) is 0 Å². The Hall–Kier alpha value is -2.37. The molecule has 1 aromatic rings. The molecule has 1 saturated heterocycles. The molecule has 1 aromatic carbocycles. The van der Waals surface area contributed by atoms with Crippen molar-refractivity contribution in [3.05, 3.63) is 29.8 Å². The summed E-state index contributed by atoms with van der Waals surface area (Å²) in [6, 6.07) is 6.17. The van der Waals surface area contributed by atoms with Gasteiger partial charge in [0.1, 0.15) is 0 Å². The van der Waals surface area contributed by atoms with Crippen molar-refractivity contribution in [2.75, 3.05) is 5.32 Å². The van der Waals surface area contributed by atoms with Crippen molar-refractivity contribution in [3.63, 3.8) is 0 Å². The first-order chi connectivity index (χ1) is 10.7. The molecule has 2 N–H and O–H groups in total. The Bertz CT molecular complexity index is 725. The van der Waals surface area contributed by atoms with Gasteiger partial charge in [0.15, 0.2) is 5.60 Å². The van der Waals surface area contributed by atoms with E-state index in [0.29, 0.717) is 12.8 Å². The van der Waals surface area contributed by atoms with Gasteiger partial charge in [0, 0.05) is 5.41 Å². The summed E-state index contributed by atoms with van der Waals surface area (Å²) in [4.78, 5) is 36.4. The number of nitrogens with one attached hydrogen (secondary N) is 1. The Labute approximate surface area is 133 Å². The molecule has 6 nitrogen and oxygen atoms in total. The van der Waals surface area contributed by atoms with Crippen LogP contribution in [0.15, 0.2) is 24.3 Å². The first-order valence-electron chi connectivity index (χ1n) is 7.53. The Balaban J connectivity index is 1.97. The lowest BCUT2D eigenvalue weighted by Gasteiger charge is -2.35. The molecular weight excluding hydrogens is 298 g/mol. The van der Waals surface area contributed by atoms with E-state index >= 15 is 0 Å². The van der Waals surface area contributed by atoms with Crippen LogP contribution >= 0.6 is 0 Å². The van der Waals surface area contributed by atoms with E-state index in [0.717, 1.165) is 0 Å². The van der Waals surface area contributed by atoms with Gasteiger partial charge in [-0.25, -0.2) is 4.79 Å². The minimum Gasteiger partial charge on any atom is -0.478 e. The fraction of sp³-hybridized carbons (Fsp3) is 0.471. The normalized spacial score (nSPS) is 30.8. The van der Waals surface area contributed by atoms with Crippen molar-refractivity contribution in [2.45, 2.75) is 39.2 Å². The second kappa shape index (κ2) is 4.57. The highest BCUT2D eigenvalue weighted by molar-refractivity contribution is 6.06. The smallest absolute Gasteiger partial charge is 0.337 e. The van der Waals surface area contributed by atoms with Crippen LogP contribution in [0.25, 0.3) is 0 Å². The number of anilines is 1. The summed E-state index contributed by atoms with van der Waals surface area (Å²) in [6.45, 7) is 5.53. The van der Waals surface area contributed by atoms with Crippen LogP contribution < -0.4 is 5.32 Å². The molecule has 23 heavy (non-hydrogen) atoms. The molecule has 1 amide bonds. The van der Waals surface area contributed by atoms with Crippen molar-refractivity contribution in [1.29, 1.82) is 0 Å². The largest absolute Gasteiger partial charge is 0.478 e. The van der Waals surface area contributed by atoms with Crippen LogP contribution in [0.1, 0.15) is 44.0 Å². The van der Waals surface area contributed by atoms with Crippen LogP contribution in [0, 0.1) is 10.8 Å². The summed E-state index contributed by atoms with van der Waals surface area (Å²) >= 11 is 0. The SMILES string of the molecule is CC12CCC(C(=O)Nc3ccccc3C(=O)O)(OC1=O)C2(C)C. The number of hydrogen-bond acceptors (Lipinski definition) is 4. The summed E-state index contributed by atoms with van der Waals surface area (Å²) < 4.78 is 5.50. The number of aromatic carboxylic acids is 1. The predicted molar refractivity (Wildman–Crippen MR) is 82.0 cm³/mol. The maximum Gasteiger partial charge on any atom is 0.337 e. The van der Waals surface area contributed by atoms with E-state index in [1.807, 2.05) is 20.8 Å². The predicted octanol–water partition coefficient (Wildman–Crippen LogP) is 2.45. The number of carboxylic acid groups (broad SMARTS) is 1. The van der Waals surface area contributed by atoms with E-state index in [1.54, 1.807) is 12.1 Å². The molecule has 1 heterocycles. The van der Waals surface area contributed by atoms with Gasteiger partial charge in [-0.3, -0.25) is 9.59 Å². The van der Waals surface area contributed by atoms with Gasteiger partial charge in [0.05, 0.1) is 16.7 Å². The van der Waals surface area contributed by atoms with Crippen LogP contribution in [0.3, 0.4) is 0 Å². The van der Waals surface area contributed by atoms with Gasteiger partial charge < -0.3 is 15.2 Å². The molecule has 2 bridgehead atoms. The van der Waals surface area contributed by atoms with Gasteiger partial charge in [-0.15, -0.1) is 0 Å². The molecule has 2 unspecified atom stereocenters. The van der Waals surface area contributed by atoms with Gasteiger partial charge >= 0.3 is 11.9 Å². The number of carboxylic acids is 1. The molecule has 122 valence electrons. The minimum atomic E-state index is -1.26. The highest BCUT2D eigenvalue weighted by atomic mass is 16.6. The van der Waals surface area contributed by atoms with Crippen LogP contribution in [0.4, 0.5) is 5.69 Å². The van der Waals surface area contributed by atoms with Gasteiger partial charge in [0.2, 0.25) is 0 Å². The number of benzene rings is 1. The van der Waals surface area contributed by atoms with Crippen LogP contribution in [0.5, 0.6) is 0 Å². The monoisotopic (exact) mass is 317 g/mol. The quantitative estimate of drug-likeness (QED) is 0.835. The van der Waals surface area contributed by atoms with E-state index in [1.165, 1.54) is 12.1 Å². The first kappa shape index (κ1) is 15.5. The molecule has 1 aliphatic carbocycles. The van der Waals surface area contributed by atoms with Gasteiger partial charge in [-0.05, 0) is 31.9 Å². The molecule has 3 rings (SSSR count). The van der Waals surface area contributed by atoms with Crippen molar-refractivity contribution >= 4 is 23.5 Å². The van der Waals surface area contributed by atoms with E-state index in [9.17, 15) is 19.5 Å². The van der Waals surface area contributed by atoms with Crippen LogP contribution in [-0.4, -0.2) is 28.6 Å². The summed E-state index contributed by atoms with van der Waals surface area (Å²) in [7, 11) is 0. The summed E-state index contributed by atoms with van der Waals surface area (Å²) in [6.07, 6.45) is 1.01. The second-order valence-corrected chi connectivity index (χ2v) is 6.98. The number of ether oxygens (including phenoxy) is 1. The maximum absolute atomic E-state index is 12.9. The molecule has 2 atom stereocenters.